The molecule has 4 amide bonds. The second kappa shape index (κ2) is 10.4. The number of nitrogens with one attached hydrogen (secondary N) is 1. The molecule has 1 aromatic heterocycles. The zero-order valence-corrected chi connectivity index (χ0v) is 20.2. The summed E-state index contributed by atoms with van der Waals surface area (Å²) >= 11 is 1.32. The van der Waals surface area contributed by atoms with E-state index >= 15 is 0 Å². The lowest BCUT2D eigenvalue weighted by Gasteiger charge is -2.38. The van der Waals surface area contributed by atoms with E-state index in [2.05, 4.69) is 15.3 Å². The molecule has 2 saturated heterocycles. The van der Waals surface area contributed by atoms with Crippen molar-refractivity contribution in [3.05, 3.63) is 48.3 Å². The van der Waals surface area contributed by atoms with Crippen LogP contribution in [0.3, 0.4) is 0 Å². The van der Waals surface area contributed by atoms with Crippen molar-refractivity contribution in [2.75, 3.05) is 32.5 Å². The van der Waals surface area contributed by atoms with Crippen LogP contribution in [0.25, 0.3) is 0 Å². The summed E-state index contributed by atoms with van der Waals surface area (Å²) in [5, 5.41) is 3.51. The van der Waals surface area contributed by atoms with Crippen LogP contribution >= 0.6 is 11.8 Å². The SMILES string of the molecule is COc1ccc(CCN2C(=O)N[C@@](C)(C3CCN(C(=O)CSc4ncccn4)CC3)C2=O)cc1. The molecule has 180 valence electrons. The number of thioether (sulfide) groups is 1. The van der Waals surface area contributed by atoms with E-state index in [0.717, 1.165) is 11.3 Å². The molecule has 1 N–H and O–H groups in total. The molecule has 0 saturated carbocycles. The quantitative estimate of drug-likeness (QED) is 0.349. The van der Waals surface area contributed by atoms with Gasteiger partial charge in [-0.25, -0.2) is 14.8 Å². The minimum atomic E-state index is -0.946. The zero-order chi connectivity index (χ0) is 24.1. The van der Waals surface area contributed by atoms with Crippen molar-refractivity contribution in [3.8, 4) is 5.75 Å². The standard InChI is InChI=1S/C24H29N5O4S/c1-24(18-9-13-28(14-10-18)20(30)16-34-22-25-11-3-12-26-22)21(31)29(23(32)27-24)15-8-17-4-6-19(33-2)7-5-17/h3-7,11-12,18H,8-10,13-16H2,1-2H3,(H,27,32)/t24-/m0/s1. The number of ether oxygens (including phenoxy) is 1. The number of rotatable bonds is 8. The molecular weight excluding hydrogens is 454 g/mol. The maximum atomic E-state index is 13.3. The molecule has 2 fully saturated rings. The van der Waals surface area contributed by atoms with Gasteiger partial charge in [0.25, 0.3) is 5.91 Å². The molecule has 1 aromatic carbocycles. The summed E-state index contributed by atoms with van der Waals surface area (Å²) < 4.78 is 5.17. The molecular formula is C24H29N5O4S. The monoisotopic (exact) mass is 483 g/mol. The number of benzene rings is 1. The fraction of sp³-hybridized carbons (Fsp3) is 0.458. The van der Waals surface area contributed by atoms with Crippen LogP contribution in [0.5, 0.6) is 5.75 Å². The first-order valence-corrected chi connectivity index (χ1v) is 12.3. The van der Waals surface area contributed by atoms with Crippen molar-refractivity contribution in [1.82, 2.24) is 25.1 Å². The number of imide groups is 1. The third-order valence-electron chi connectivity index (χ3n) is 6.62. The van der Waals surface area contributed by atoms with Gasteiger partial charge in [-0.1, -0.05) is 23.9 Å². The first-order chi connectivity index (χ1) is 16.4. The van der Waals surface area contributed by atoms with E-state index in [-0.39, 0.29) is 29.5 Å². The predicted molar refractivity (Wildman–Crippen MR) is 127 cm³/mol. The molecule has 0 bridgehead atoms. The largest absolute Gasteiger partial charge is 0.497 e. The van der Waals surface area contributed by atoms with Gasteiger partial charge in [0.15, 0.2) is 5.16 Å². The van der Waals surface area contributed by atoms with E-state index in [1.54, 1.807) is 25.6 Å². The highest BCUT2D eigenvalue weighted by Gasteiger charge is 2.52. The average molecular weight is 484 g/mol. The van der Waals surface area contributed by atoms with E-state index in [0.29, 0.717) is 44.1 Å². The minimum Gasteiger partial charge on any atom is -0.497 e. The maximum absolute atomic E-state index is 13.3. The van der Waals surface area contributed by atoms with Gasteiger partial charge in [0, 0.05) is 32.0 Å². The highest BCUT2D eigenvalue weighted by atomic mass is 32.2. The number of likely N-dealkylation sites (tertiary alicyclic amines) is 1. The minimum absolute atomic E-state index is 0.0240. The Balaban J connectivity index is 1.29. The lowest BCUT2D eigenvalue weighted by molar-refractivity contribution is -0.134. The van der Waals surface area contributed by atoms with E-state index in [1.165, 1.54) is 16.7 Å². The second-order valence-electron chi connectivity index (χ2n) is 8.66. The van der Waals surface area contributed by atoms with Gasteiger partial charge in [-0.15, -0.1) is 0 Å². The number of hydrogen-bond acceptors (Lipinski definition) is 7. The molecule has 9 nitrogen and oxygen atoms in total. The number of urea groups is 1. The highest BCUT2D eigenvalue weighted by molar-refractivity contribution is 7.99. The van der Waals surface area contributed by atoms with Crippen LogP contribution in [-0.2, 0) is 16.0 Å². The van der Waals surface area contributed by atoms with Crippen LogP contribution in [0, 0.1) is 5.92 Å². The molecule has 0 aliphatic carbocycles. The summed E-state index contributed by atoms with van der Waals surface area (Å²) in [7, 11) is 1.61. The van der Waals surface area contributed by atoms with E-state index in [4.69, 9.17) is 4.74 Å². The van der Waals surface area contributed by atoms with Crippen LogP contribution in [0.4, 0.5) is 4.79 Å². The fourth-order valence-corrected chi connectivity index (χ4v) is 5.22. The molecule has 0 radical (unpaired) electrons. The molecule has 34 heavy (non-hydrogen) atoms. The maximum Gasteiger partial charge on any atom is 0.325 e. The van der Waals surface area contributed by atoms with Gasteiger partial charge in [-0.05, 0) is 55.9 Å². The van der Waals surface area contributed by atoms with Crippen molar-refractivity contribution in [2.24, 2.45) is 5.92 Å². The Morgan fingerprint density at radius 3 is 2.50 bits per heavy atom. The third kappa shape index (κ3) is 5.16. The summed E-state index contributed by atoms with van der Waals surface area (Å²) in [6.07, 6.45) is 5.20. The first kappa shape index (κ1) is 24.0. The topological polar surface area (TPSA) is 105 Å². The number of hydrogen-bond donors (Lipinski definition) is 1. The van der Waals surface area contributed by atoms with Crippen molar-refractivity contribution in [3.63, 3.8) is 0 Å². The Bertz CT molecular complexity index is 1030. The number of amides is 4. The van der Waals surface area contributed by atoms with Gasteiger partial charge < -0.3 is 15.0 Å². The first-order valence-electron chi connectivity index (χ1n) is 11.4. The number of nitrogens with zero attached hydrogens (tertiary/aromatic N) is 4. The Morgan fingerprint density at radius 2 is 1.85 bits per heavy atom. The third-order valence-corrected chi connectivity index (χ3v) is 7.48. The fourth-order valence-electron chi connectivity index (χ4n) is 4.51. The molecule has 2 aliphatic rings. The van der Waals surface area contributed by atoms with E-state index < -0.39 is 5.54 Å². The van der Waals surface area contributed by atoms with Crippen molar-refractivity contribution in [1.29, 1.82) is 0 Å². The molecule has 3 heterocycles. The van der Waals surface area contributed by atoms with Crippen LogP contribution in [0.1, 0.15) is 25.3 Å². The normalized spacial score (nSPS) is 21.0. The molecule has 10 heteroatoms. The number of carbonyl (C=O) groups is 3. The average Bonchev–Trinajstić information content (AvgIpc) is 3.10. The van der Waals surface area contributed by atoms with Crippen molar-refractivity contribution < 1.29 is 19.1 Å². The van der Waals surface area contributed by atoms with Gasteiger partial charge in [0.05, 0.1) is 12.9 Å². The molecule has 0 spiro atoms. The van der Waals surface area contributed by atoms with Crippen molar-refractivity contribution in [2.45, 2.75) is 36.9 Å². The number of piperidine rings is 1. The summed E-state index contributed by atoms with van der Waals surface area (Å²) in [6.45, 7) is 3.25. The molecule has 2 aliphatic heterocycles. The molecule has 2 aromatic rings. The summed E-state index contributed by atoms with van der Waals surface area (Å²) in [4.78, 5) is 49.9. The lowest BCUT2D eigenvalue weighted by Crippen LogP contribution is -2.54. The highest BCUT2D eigenvalue weighted by Crippen LogP contribution is 2.33. The van der Waals surface area contributed by atoms with Crippen LogP contribution < -0.4 is 10.1 Å². The second-order valence-corrected chi connectivity index (χ2v) is 9.60. The summed E-state index contributed by atoms with van der Waals surface area (Å²) in [6, 6.07) is 8.99. The summed E-state index contributed by atoms with van der Waals surface area (Å²) in [5.74, 6) is 0.865. The van der Waals surface area contributed by atoms with Crippen molar-refractivity contribution >= 4 is 29.6 Å². The summed E-state index contributed by atoms with van der Waals surface area (Å²) in [5.41, 5.74) is 0.0827. The number of aromatic nitrogens is 2. The van der Waals surface area contributed by atoms with Gasteiger partial charge >= 0.3 is 6.03 Å². The smallest absolute Gasteiger partial charge is 0.325 e. The van der Waals surface area contributed by atoms with Gasteiger partial charge in [-0.3, -0.25) is 14.5 Å². The number of methoxy groups -OCH3 is 1. The zero-order valence-electron chi connectivity index (χ0n) is 19.4. The van der Waals surface area contributed by atoms with E-state index in [1.807, 2.05) is 36.1 Å². The van der Waals surface area contributed by atoms with Crippen LogP contribution in [0.2, 0.25) is 0 Å². The molecule has 0 unspecified atom stereocenters. The van der Waals surface area contributed by atoms with Crippen LogP contribution in [0.15, 0.2) is 47.9 Å². The Hall–Kier alpha value is -3.14. The van der Waals surface area contributed by atoms with Gasteiger partial charge in [-0.2, -0.15) is 0 Å². The Morgan fingerprint density at radius 1 is 1.18 bits per heavy atom. The Labute approximate surface area is 203 Å². The molecule has 4 rings (SSSR count). The van der Waals surface area contributed by atoms with Crippen LogP contribution in [-0.4, -0.2) is 75.6 Å². The lowest BCUT2D eigenvalue weighted by atomic mass is 9.79. The number of carbonyl (C=O) groups excluding carboxylic acids is 3. The van der Waals surface area contributed by atoms with Gasteiger partial charge in [0.2, 0.25) is 5.91 Å². The Kier molecular flexibility index (Phi) is 7.35. The molecule has 1 atom stereocenters. The van der Waals surface area contributed by atoms with E-state index in [9.17, 15) is 14.4 Å². The van der Waals surface area contributed by atoms with Gasteiger partial charge in [0.1, 0.15) is 11.3 Å². The predicted octanol–water partition coefficient (Wildman–Crippen LogP) is 2.37.